The molecule has 1 N–H and O–H groups in total. The van der Waals surface area contributed by atoms with Crippen LogP contribution in [0.2, 0.25) is 0 Å². The monoisotopic (exact) mass is 279 g/mol. The van der Waals surface area contributed by atoms with E-state index in [1.54, 1.807) is 13.8 Å². The number of hydrogen-bond acceptors (Lipinski definition) is 3. The largest absolute Gasteiger partial charge is 0.332 e. The van der Waals surface area contributed by atoms with Gasteiger partial charge >= 0.3 is 0 Å². The van der Waals surface area contributed by atoms with Gasteiger partial charge in [0, 0.05) is 24.9 Å². The summed E-state index contributed by atoms with van der Waals surface area (Å²) in [4.78, 5) is 6.79. The standard InChI is InChI=1S/C10H18ClN3O2S/c1-5-8-12-6-9(13-8)17(15,16)14(4)10(2,3)7-11/h6H,5,7H2,1-4H3,(H,12,13). The molecule has 0 aliphatic carbocycles. The molecule has 0 aliphatic heterocycles. The number of aryl methyl sites for hydroxylation is 1. The van der Waals surface area contributed by atoms with Crippen molar-refractivity contribution >= 4 is 21.6 Å². The van der Waals surface area contributed by atoms with Gasteiger partial charge in [-0.2, -0.15) is 4.31 Å². The predicted molar refractivity (Wildman–Crippen MR) is 67.7 cm³/mol. The van der Waals surface area contributed by atoms with Gasteiger partial charge in [-0.05, 0) is 13.8 Å². The molecule has 1 aromatic heterocycles. The van der Waals surface area contributed by atoms with E-state index in [4.69, 9.17) is 11.6 Å². The number of aromatic nitrogens is 2. The Morgan fingerprint density at radius 1 is 1.53 bits per heavy atom. The first-order valence-corrected chi connectivity index (χ1v) is 7.32. The highest BCUT2D eigenvalue weighted by atomic mass is 35.5. The maximum atomic E-state index is 12.3. The minimum Gasteiger partial charge on any atom is -0.332 e. The number of hydrogen-bond donors (Lipinski definition) is 1. The van der Waals surface area contributed by atoms with Crippen LogP contribution >= 0.6 is 11.6 Å². The van der Waals surface area contributed by atoms with Crippen molar-refractivity contribution in [2.45, 2.75) is 37.8 Å². The summed E-state index contributed by atoms with van der Waals surface area (Å²) in [6, 6.07) is 0. The lowest BCUT2D eigenvalue weighted by molar-refractivity contribution is 0.295. The number of rotatable bonds is 5. The van der Waals surface area contributed by atoms with Crippen LogP contribution in [0, 0.1) is 0 Å². The molecule has 0 saturated heterocycles. The topological polar surface area (TPSA) is 66.1 Å². The van der Waals surface area contributed by atoms with Gasteiger partial charge < -0.3 is 4.98 Å². The van der Waals surface area contributed by atoms with Gasteiger partial charge in [0.05, 0.1) is 6.20 Å². The Kier molecular flexibility index (Phi) is 4.22. The fraction of sp³-hybridized carbons (Fsp3) is 0.700. The molecule has 5 nitrogen and oxygen atoms in total. The highest BCUT2D eigenvalue weighted by molar-refractivity contribution is 7.89. The molecule has 0 saturated carbocycles. The molecule has 17 heavy (non-hydrogen) atoms. The van der Waals surface area contributed by atoms with Gasteiger partial charge in [-0.25, -0.2) is 13.4 Å². The van der Waals surface area contributed by atoms with E-state index in [0.29, 0.717) is 12.2 Å². The lowest BCUT2D eigenvalue weighted by Crippen LogP contribution is -2.46. The van der Waals surface area contributed by atoms with Gasteiger partial charge in [-0.3, -0.25) is 0 Å². The highest BCUT2D eigenvalue weighted by Crippen LogP contribution is 2.22. The number of imidazole rings is 1. The average Bonchev–Trinajstić information content (AvgIpc) is 2.77. The first kappa shape index (κ1) is 14.5. The zero-order chi connectivity index (χ0) is 13.3. The van der Waals surface area contributed by atoms with E-state index in [-0.39, 0.29) is 10.9 Å². The second kappa shape index (κ2) is 4.96. The van der Waals surface area contributed by atoms with Gasteiger partial charge in [0.25, 0.3) is 10.0 Å². The Hall–Kier alpha value is -0.590. The first-order chi connectivity index (χ1) is 7.75. The number of aromatic amines is 1. The Labute approximate surface area is 107 Å². The van der Waals surface area contributed by atoms with Crippen LogP contribution in [0.4, 0.5) is 0 Å². The maximum absolute atomic E-state index is 12.3. The van der Waals surface area contributed by atoms with Crippen LogP contribution < -0.4 is 0 Å². The van der Waals surface area contributed by atoms with Crippen LogP contribution in [0.3, 0.4) is 0 Å². The second-order valence-electron chi connectivity index (χ2n) is 4.47. The maximum Gasteiger partial charge on any atom is 0.260 e. The fourth-order valence-corrected chi connectivity index (χ4v) is 2.90. The molecule has 0 amide bonds. The van der Waals surface area contributed by atoms with Gasteiger partial charge in [-0.1, -0.05) is 6.92 Å². The predicted octanol–water partition coefficient (Wildman–Crippen LogP) is 1.61. The van der Waals surface area contributed by atoms with Crippen molar-refractivity contribution in [3.05, 3.63) is 12.0 Å². The summed E-state index contributed by atoms with van der Waals surface area (Å²) >= 11 is 5.78. The Morgan fingerprint density at radius 3 is 2.53 bits per heavy atom. The number of nitrogens with zero attached hydrogens (tertiary/aromatic N) is 2. The molecule has 0 atom stereocenters. The molecule has 7 heteroatoms. The van der Waals surface area contributed by atoms with Crippen molar-refractivity contribution in [3.63, 3.8) is 0 Å². The molecule has 0 bridgehead atoms. The minimum absolute atomic E-state index is 0.107. The molecule has 1 aromatic rings. The van der Waals surface area contributed by atoms with Crippen molar-refractivity contribution in [2.24, 2.45) is 0 Å². The third-order valence-electron chi connectivity index (χ3n) is 2.76. The van der Waals surface area contributed by atoms with E-state index in [1.807, 2.05) is 6.92 Å². The third-order valence-corrected chi connectivity index (χ3v) is 5.39. The van der Waals surface area contributed by atoms with E-state index < -0.39 is 15.6 Å². The van der Waals surface area contributed by atoms with Crippen molar-refractivity contribution < 1.29 is 8.42 Å². The zero-order valence-corrected chi connectivity index (χ0v) is 12.1. The van der Waals surface area contributed by atoms with Crippen molar-refractivity contribution in [3.8, 4) is 0 Å². The lowest BCUT2D eigenvalue weighted by Gasteiger charge is -2.32. The van der Waals surface area contributed by atoms with Crippen LogP contribution in [-0.4, -0.2) is 41.2 Å². The molecular formula is C10H18ClN3O2S. The van der Waals surface area contributed by atoms with Crippen LogP contribution in [0.15, 0.2) is 11.2 Å². The fourth-order valence-electron chi connectivity index (χ4n) is 1.21. The smallest absolute Gasteiger partial charge is 0.260 e. The van der Waals surface area contributed by atoms with Gasteiger partial charge in [0.1, 0.15) is 5.82 Å². The van der Waals surface area contributed by atoms with Crippen LogP contribution in [-0.2, 0) is 16.4 Å². The highest BCUT2D eigenvalue weighted by Gasteiger charge is 2.34. The van der Waals surface area contributed by atoms with E-state index in [2.05, 4.69) is 9.97 Å². The van der Waals surface area contributed by atoms with Crippen LogP contribution in [0.25, 0.3) is 0 Å². The van der Waals surface area contributed by atoms with E-state index in [1.165, 1.54) is 17.5 Å². The molecule has 0 aliphatic rings. The summed E-state index contributed by atoms with van der Waals surface area (Å²) in [5, 5.41) is 0.107. The molecule has 0 unspecified atom stereocenters. The summed E-state index contributed by atoms with van der Waals surface area (Å²) in [5.41, 5.74) is -0.641. The summed E-state index contributed by atoms with van der Waals surface area (Å²) < 4.78 is 25.8. The normalized spacial score (nSPS) is 13.3. The van der Waals surface area contributed by atoms with E-state index in [0.717, 1.165) is 0 Å². The molecular weight excluding hydrogens is 262 g/mol. The summed E-state index contributed by atoms with van der Waals surface area (Å²) in [7, 11) is -2.05. The Bertz CT molecular complexity index is 481. The summed E-state index contributed by atoms with van der Waals surface area (Å²) in [5.74, 6) is 0.873. The van der Waals surface area contributed by atoms with Crippen LogP contribution in [0.5, 0.6) is 0 Å². The SMILES string of the molecule is CCc1ncc(S(=O)(=O)N(C)C(C)(C)CCl)[nH]1. The zero-order valence-electron chi connectivity index (χ0n) is 10.5. The molecule has 0 fully saturated rings. The average molecular weight is 280 g/mol. The van der Waals surface area contributed by atoms with E-state index >= 15 is 0 Å². The molecule has 98 valence electrons. The Morgan fingerprint density at radius 2 is 2.12 bits per heavy atom. The second-order valence-corrected chi connectivity index (χ2v) is 6.67. The van der Waals surface area contributed by atoms with Crippen molar-refractivity contribution in [2.75, 3.05) is 12.9 Å². The van der Waals surface area contributed by atoms with Crippen molar-refractivity contribution in [1.29, 1.82) is 0 Å². The minimum atomic E-state index is -3.57. The first-order valence-electron chi connectivity index (χ1n) is 5.34. The van der Waals surface area contributed by atoms with Crippen LogP contribution in [0.1, 0.15) is 26.6 Å². The molecule has 1 heterocycles. The lowest BCUT2D eigenvalue weighted by atomic mass is 10.1. The van der Waals surface area contributed by atoms with E-state index in [9.17, 15) is 8.42 Å². The number of H-pyrrole nitrogens is 1. The third kappa shape index (κ3) is 2.81. The summed E-state index contributed by atoms with van der Waals surface area (Å²) in [6.07, 6.45) is 2.01. The molecule has 0 aromatic carbocycles. The number of alkyl halides is 1. The Balaban J connectivity index is 3.11. The number of nitrogens with one attached hydrogen (secondary N) is 1. The number of halogens is 1. The molecule has 0 radical (unpaired) electrons. The van der Waals surface area contributed by atoms with Crippen molar-refractivity contribution in [1.82, 2.24) is 14.3 Å². The summed E-state index contributed by atoms with van der Waals surface area (Å²) in [6.45, 7) is 5.45. The van der Waals surface area contributed by atoms with Gasteiger partial charge in [-0.15, -0.1) is 11.6 Å². The molecule has 0 spiro atoms. The van der Waals surface area contributed by atoms with Gasteiger partial charge in [0.2, 0.25) is 0 Å². The quantitative estimate of drug-likeness (QED) is 0.833. The van der Waals surface area contributed by atoms with Gasteiger partial charge in [0.15, 0.2) is 5.03 Å². The molecule has 1 rings (SSSR count). The number of sulfonamides is 1.